The second-order valence-electron chi connectivity index (χ2n) is 8.24. The Morgan fingerprint density at radius 1 is 1.06 bits per heavy atom. The standard InChI is InChI=1S/C25H24N4OS/c1-31-29-14-12-28(13-15-29)24(30)21-16-27-22-5-3-2-4-20(22)23(21)18-6-8-19(9-7-18)25(17-26)10-11-25/h2-9,16H,10-15H2,1H3. The molecule has 2 fully saturated rings. The predicted octanol–water partition coefficient (Wildman–Crippen LogP) is 4.49. The van der Waals surface area contributed by atoms with Gasteiger partial charge in [-0.05, 0) is 36.3 Å². The summed E-state index contributed by atoms with van der Waals surface area (Å²) in [6.45, 7) is 3.17. The fraction of sp³-hybridized carbons (Fsp3) is 0.320. The van der Waals surface area contributed by atoms with Gasteiger partial charge in [-0.1, -0.05) is 54.4 Å². The number of fused-ring (bicyclic) bond motifs is 1. The molecule has 5 rings (SSSR count). The third kappa shape index (κ3) is 3.58. The maximum Gasteiger partial charge on any atom is 0.256 e. The van der Waals surface area contributed by atoms with Crippen molar-refractivity contribution in [2.24, 2.45) is 0 Å². The smallest absolute Gasteiger partial charge is 0.256 e. The van der Waals surface area contributed by atoms with E-state index in [0.29, 0.717) is 5.56 Å². The molecular formula is C25H24N4OS. The summed E-state index contributed by atoms with van der Waals surface area (Å²) in [5.41, 5.74) is 4.19. The lowest BCUT2D eigenvalue weighted by atomic mass is 9.92. The average Bonchev–Trinajstić information content (AvgIpc) is 3.64. The molecule has 2 heterocycles. The van der Waals surface area contributed by atoms with Crippen molar-refractivity contribution >= 4 is 28.8 Å². The number of piperazine rings is 1. The van der Waals surface area contributed by atoms with E-state index in [1.807, 2.05) is 41.3 Å². The molecule has 0 N–H and O–H groups in total. The van der Waals surface area contributed by atoms with Crippen LogP contribution in [0.2, 0.25) is 0 Å². The number of para-hydroxylation sites is 1. The molecule has 0 radical (unpaired) electrons. The Morgan fingerprint density at radius 3 is 2.42 bits per heavy atom. The lowest BCUT2D eigenvalue weighted by Crippen LogP contribution is -2.46. The number of nitriles is 1. The van der Waals surface area contributed by atoms with Gasteiger partial charge in [0.2, 0.25) is 0 Å². The fourth-order valence-electron chi connectivity index (χ4n) is 4.40. The van der Waals surface area contributed by atoms with Gasteiger partial charge in [-0.15, -0.1) is 0 Å². The Labute approximate surface area is 186 Å². The van der Waals surface area contributed by atoms with Gasteiger partial charge in [-0.25, -0.2) is 4.31 Å². The SMILES string of the molecule is CSN1CCN(C(=O)c2cnc3ccccc3c2-c2ccc(C3(C#N)CC3)cc2)CC1. The van der Waals surface area contributed by atoms with Crippen LogP contribution in [0.4, 0.5) is 0 Å². The van der Waals surface area contributed by atoms with Gasteiger partial charge in [-0.2, -0.15) is 5.26 Å². The van der Waals surface area contributed by atoms with Crippen molar-refractivity contribution in [3.05, 3.63) is 65.9 Å². The molecule has 5 nitrogen and oxygen atoms in total. The fourth-order valence-corrected chi connectivity index (χ4v) is 4.93. The predicted molar refractivity (Wildman–Crippen MR) is 125 cm³/mol. The highest BCUT2D eigenvalue weighted by atomic mass is 32.2. The van der Waals surface area contributed by atoms with E-state index in [2.05, 4.69) is 33.7 Å². The molecule has 0 atom stereocenters. The summed E-state index contributed by atoms with van der Waals surface area (Å²) >= 11 is 1.73. The van der Waals surface area contributed by atoms with Crippen LogP contribution in [0.3, 0.4) is 0 Å². The number of amides is 1. The minimum absolute atomic E-state index is 0.0359. The van der Waals surface area contributed by atoms with Crippen LogP contribution in [0, 0.1) is 11.3 Å². The summed E-state index contributed by atoms with van der Waals surface area (Å²) in [6, 6.07) is 18.6. The summed E-state index contributed by atoms with van der Waals surface area (Å²) in [6.07, 6.45) is 5.65. The topological polar surface area (TPSA) is 60.2 Å². The van der Waals surface area contributed by atoms with Gasteiger partial charge >= 0.3 is 0 Å². The van der Waals surface area contributed by atoms with Crippen molar-refractivity contribution in [3.63, 3.8) is 0 Å². The van der Waals surface area contributed by atoms with Crippen LogP contribution in [0.15, 0.2) is 54.7 Å². The van der Waals surface area contributed by atoms with Crippen molar-refractivity contribution < 1.29 is 4.79 Å². The van der Waals surface area contributed by atoms with Gasteiger partial charge in [0.05, 0.1) is 22.6 Å². The van der Waals surface area contributed by atoms with Crippen LogP contribution in [-0.4, -0.2) is 52.5 Å². The average molecular weight is 429 g/mol. The number of carbonyl (C=O) groups is 1. The number of hydrogen-bond acceptors (Lipinski definition) is 5. The molecular weight excluding hydrogens is 404 g/mol. The first kappa shape index (κ1) is 20.0. The first-order valence-corrected chi connectivity index (χ1v) is 11.8. The zero-order chi connectivity index (χ0) is 21.4. The highest BCUT2D eigenvalue weighted by Crippen LogP contribution is 2.48. The molecule has 31 heavy (non-hydrogen) atoms. The van der Waals surface area contributed by atoms with E-state index in [0.717, 1.165) is 66.6 Å². The van der Waals surface area contributed by atoms with Crippen LogP contribution in [-0.2, 0) is 5.41 Å². The van der Waals surface area contributed by atoms with Gasteiger partial charge in [-0.3, -0.25) is 9.78 Å². The minimum Gasteiger partial charge on any atom is -0.336 e. The lowest BCUT2D eigenvalue weighted by molar-refractivity contribution is 0.0704. The molecule has 2 aromatic carbocycles. The second kappa shape index (κ2) is 7.99. The normalized spacial score (nSPS) is 18.0. The number of nitrogens with zero attached hydrogens (tertiary/aromatic N) is 4. The maximum atomic E-state index is 13.5. The van der Waals surface area contributed by atoms with Gasteiger partial charge < -0.3 is 4.90 Å². The molecule has 0 bridgehead atoms. The molecule has 1 aromatic heterocycles. The third-order valence-electron chi connectivity index (χ3n) is 6.48. The van der Waals surface area contributed by atoms with Crippen LogP contribution in [0.25, 0.3) is 22.0 Å². The van der Waals surface area contributed by atoms with Crippen molar-refractivity contribution in [2.45, 2.75) is 18.3 Å². The molecule has 1 saturated carbocycles. The Hall–Kier alpha value is -2.88. The van der Waals surface area contributed by atoms with E-state index < -0.39 is 0 Å². The van der Waals surface area contributed by atoms with Crippen molar-refractivity contribution in [2.75, 3.05) is 32.4 Å². The first-order chi connectivity index (χ1) is 15.1. The molecule has 1 aliphatic carbocycles. The molecule has 6 heteroatoms. The lowest BCUT2D eigenvalue weighted by Gasteiger charge is -2.33. The number of rotatable bonds is 4. The molecule has 156 valence electrons. The van der Waals surface area contributed by atoms with E-state index in [-0.39, 0.29) is 11.3 Å². The zero-order valence-electron chi connectivity index (χ0n) is 17.5. The first-order valence-electron chi connectivity index (χ1n) is 10.6. The highest BCUT2D eigenvalue weighted by molar-refractivity contribution is 7.96. The number of carbonyl (C=O) groups excluding carboxylic acids is 1. The van der Waals surface area contributed by atoms with E-state index in [9.17, 15) is 10.1 Å². The molecule has 1 aliphatic heterocycles. The van der Waals surface area contributed by atoms with Crippen molar-refractivity contribution in [1.29, 1.82) is 5.26 Å². The van der Waals surface area contributed by atoms with E-state index in [4.69, 9.17) is 0 Å². The molecule has 0 unspecified atom stereocenters. The van der Waals surface area contributed by atoms with Gasteiger partial charge in [0.1, 0.15) is 0 Å². The number of benzene rings is 2. The van der Waals surface area contributed by atoms with E-state index in [1.165, 1.54) is 0 Å². The molecule has 0 spiro atoms. The van der Waals surface area contributed by atoms with Gasteiger partial charge in [0.25, 0.3) is 5.91 Å². The van der Waals surface area contributed by atoms with Gasteiger partial charge in [0, 0.05) is 43.3 Å². The number of aromatic nitrogens is 1. The van der Waals surface area contributed by atoms with Crippen LogP contribution >= 0.6 is 11.9 Å². The maximum absolute atomic E-state index is 13.5. The summed E-state index contributed by atoms with van der Waals surface area (Å²) < 4.78 is 2.28. The Balaban J connectivity index is 1.56. The Morgan fingerprint density at radius 2 is 1.77 bits per heavy atom. The van der Waals surface area contributed by atoms with Crippen LogP contribution in [0.5, 0.6) is 0 Å². The monoisotopic (exact) mass is 428 g/mol. The van der Waals surface area contributed by atoms with Crippen LogP contribution in [0.1, 0.15) is 28.8 Å². The molecule has 1 amide bonds. The molecule has 1 saturated heterocycles. The molecule has 3 aromatic rings. The quantitative estimate of drug-likeness (QED) is 0.573. The highest BCUT2D eigenvalue weighted by Gasteiger charge is 2.44. The number of hydrogen-bond donors (Lipinski definition) is 0. The van der Waals surface area contributed by atoms with E-state index in [1.54, 1.807) is 18.1 Å². The van der Waals surface area contributed by atoms with Crippen molar-refractivity contribution in [1.82, 2.24) is 14.2 Å². The summed E-state index contributed by atoms with van der Waals surface area (Å²) in [7, 11) is 0. The zero-order valence-corrected chi connectivity index (χ0v) is 18.4. The summed E-state index contributed by atoms with van der Waals surface area (Å²) in [5.74, 6) is 0.0359. The Kier molecular flexibility index (Phi) is 5.17. The minimum atomic E-state index is -0.311. The molecule has 2 aliphatic rings. The largest absolute Gasteiger partial charge is 0.336 e. The second-order valence-corrected chi connectivity index (χ2v) is 9.12. The Bertz CT molecular complexity index is 1170. The van der Waals surface area contributed by atoms with Crippen LogP contribution < -0.4 is 0 Å². The van der Waals surface area contributed by atoms with Gasteiger partial charge in [0.15, 0.2) is 0 Å². The summed E-state index contributed by atoms with van der Waals surface area (Å²) in [5, 5.41) is 10.5. The number of pyridine rings is 1. The van der Waals surface area contributed by atoms with E-state index >= 15 is 0 Å². The third-order valence-corrected chi connectivity index (χ3v) is 7.36. The van der Waals surface area contributed by atoms with Crippen molar-refractivity contribution in [3.8, 4) is 17.2 Å². The summed E-state index contributed by atoms with van der Waals surface area (Å²) in [4.78, 5) is 20.1.